The smallest absolute Gasteiger partial charge is 0.319 e. The van der Waals surface area contributed by atoms with Crippen LogP contribution in [0.25, 0.3) is 11.1 Å². The molecule has 0 spiro atoms. The van der Waals surface area contributed by atoms with Crippen LogP contribution in [-0.2, 0) is 19.6 Å². The van der Waals surface area contributed by atoms with Crippen molar-refractivity contribution in [2.45, 2.75) is 21.8 Å². The summed E-state index contributed by atoms with van der Waals surface area (Å²) in [4.78, 5) is 15.9. The third kappa shape index (κ3) is 3.78. The van der Waals surface area contributed by atoms with Crippen LogP contribution < -0.4 is 9.46 Å². The molecule has 0 aliphatic carbocycles. The average molecular weight is 420 g/mol. The highest BCUT2D eigenvalue weighted by atomic mass is 32.2. The normalized spacial score (nSPS) is 16.9. The van der Waals surface area contributed by atoms with Gasteiger partial charge in [0.15, 0.2) is 5.58 Å². The molecule has 8 nitrogen and oxygen atoms in total. The number of hydrogen-bond acceptors (Lipinski definition) is 8. The Morgan fingerprint density at radius 3 is 2.68 bits per heavy atom. The molecule has 1 aromatic heterocycles. The molecular formula is C18H16N2O6S2. The van der Waals surface area contributed by atoms with E-state index in [4.69, 9.17) is 13.9 Å². The van der Waals surface area contributed by atoms with E-state index in [0.717, 1.165) is 0 Å². The van der Waals surface area contributed by atoms with Gasteiger partial charge in [-0.2, -0.15) is 0 Å². The number of carbonyl (C=O) groups is 1. The fourth-order valence-electron chi connectivity index (χ4n) is 2.68. The minimum Gasteiger partial charge on any atom is -0.497 e. The number of oxazole rings is 1. The summed E-state index contributed by atoms with van der Waals surface area (Å²) in [6, 6.07) is 11.0. The van der Waals surface area contributed by atoms with E-state index < -0.39 is 10.0 Å². The summed E-state index contributed by atoms with van der Waals surface area (Å²) in [6.45, 7) is 0.385. The molecule has 1 saturated heterocycles. The van der Waals surface area contributed by atoms with E-state index in [0.29, 0.717) is 40.8 Å². The second kappa shape index (κ2) is 7.36. The molecule has 28 heavy (non-hydrogen) atoms. The second-order valence-corrected chi connectivity index (χ2v) is 8.84. The number of esters is 1. The van der Waals surface area contributed by atoms with Crippen LogP contribution in [-0.4, -0.2) is 38.3 Å². The van der Waals surface area contributed by atoms with Gasteiger partial charge in [0.1, 0.15) is 16.5 Å². The van der Waals surface area contributed by atoms with Crippen LogP contribution in [0.3, 0.4) is 0 Å². The van der Waals surface area contributed by atoms with Crippen molar-refractivity contribution in [3.63, 3.8) is 0 Å². The average Bonchev–Trinajstić information content (AvgIpc) is 3.27. The number of aromatic nitrogens is 1. The number of anilines is 1. The van der Waals surface area contributed by atoms with Crippen molar-refractivity contribution < 1.29 is 27.1 Å². The molecule has 4 rings (SSSR count). The van der Waals surface area contributed by atoms with Crippen molar-refractivity contribution in [2.24, 2.45) is 0 Å². The SMILES string of the molecule is COc1ccc(NS(=O)(=O)c2ccc3oc(S[C@H]4CCOC4=O)nc3c2)cc1. The minimum atomic E-state index is -3.80. The van der Waals surface area contributed by atoms with E-state index in [1.54, 1.807) is 30.3 Å². The predicted octanol–water partition coefficient (Wildman–Crippen LogP) is 3.04. The summed E-state index contributed by atoms with van der Waals surface area (Å²) in [6.07, 6.45) is 0.591. The molecule has 10 heteroatoms. The van der Waals surface area contributed by atoms with Gasteiger partial charge in [-0.25, -0.2) is 13.4 Å². The summed E-state index contributed by atoms with van der Waals surface area (Å²) in [5, 5.41) is -0.0514. The summed E-state index contributed by atoms with van der Waals surface area (Å²) in [5.74, 6) is 0.336. The molecule has 2 aromatic carbocycles. The number of methoxy groups -OCH3 is 1. The van der Waals surface area contributed by atoms with Crippen molar-refractivity contribution in [1.82, 2.24) is 4.98 Å². The highest BCUT2D eigenvalue weighted by Gasteiger charge is 2.29. The number of benzene rings is 2. The largest absolute Gasteiger partial charge is 0.497 e. The Kier molecular flexibility index (Phi) is 4.90. The lowest BCUT2D eigenvalue weighted by Crippen LogP contribution is -2.12. The number of rotatable bonds is 6. The molecule has 0 saturated carbocycles. The predicted molar refractivity (Wildman–Crippen MR) is 103 cm³/mol. The zero-order chi connectivity index (χ0) is 19.7. The topological polar surface area (TPSA) is 108 Å². The molecule has 1 fully saturated rings. The lowest BCUT2D eigenvalue weighted by Gasteiger charge is -2.08. The van der Waals surface area contributed by atoms with Gasteiger partial charge >= 0.3 is 5.97 Å². The molecule has 0 unspecified atom stereocenters. The zero-order valence-electron chi connectivity index (χ0n) is 14.7. The molecule has 2 heterocycles. The maximum atomic E-state index is 12.7. The maximum absolute atomic E-state index is 12.7. The Morgan fingerprint density at radius 2 is 2.00 bits per heavy atom. The Hall–Kier alpha value is -2.72. The number of hydrogen-bond donors (Lipinski definition) is 1. The van der Waals surface area contributed by atoms with E-state index in [-0.39, 0.29) is 16.1 Å². The third-order valence-electron chi connectivity index (χ3n) is 4.12. The van der Waals surface area contributed by atoms with Crippen LogP contribution >= 0.6 is 11.8 Å². The maximum Gasteiger partial charge on any atom is 0.319 e. The molecule has 0 bridgehead atoms. The Morgan fingerprint density at radius 1 is 1.21 bits per heavy atom. The van der Waals surface area contributed by atoms with Gasteiger partial charge in [-0.3, -0.25) is 9.52 Å². The summed E-state index contributed by atoms with van der Waals surface area (Å²) in [7, 11) is -2.26. The highest BCUT2D eigenvalue weighted by Crippen LogP contribution is 2.32. The Labute approximate surface area is 165 Å². The van der Waals surface area contributed by atoms with Crippen molar-refractivity contribution in [2.75, 3.05) is 18.4 Å². The van der Waals surface area contributed by atoms with Gasteiger partial charge in [0.25, 0.3) is 15.2 Å². The monoisotopic (exact) mass is 420 g/mol. The van der Waals surface area contributed by atoms with E-state index in [9.17, 15) is 13.2 Å². The first kappa shape index (κ1) is 18.6. The van der Waals surface area contributed by atoms with E-state index in [1.165, 1.54) is 31.0 Å². The summed E-state index contributed by atoms with van der Waals surface area (Å²) in [5.41, 5.74) is 1.25. The standard InChI is InChI=1S/C18H16N2O6S2/c1-24-12-4-2-11(3-5-12)20-28(22,23)13-6-7-15-14(10-13)19-18(26-15)27-16-8-9-25-17(16)21/h2-7,10,16,20H,8-9H2,1H3/t16-/m0/s1. The van der Waals surface area contributed by atoms with Gasteiger partial charge in [-0.05, 0) is 42.5 Å². The van der Waals surface area contributed by atoms with E-state index in [2.05, 4.69) is 9.71 Å². The first-order valence-electron chi connectivity index (χ1n) is 8.35. The van der Waals surface area contributed by atoms with Gasteiger partial charge in [-0.1, -0.05) is 11.8 Å². The van der Waals surface area contributed by atoms with Gasteiger partial charge in [-0.15, -0.1) is 0 Å². The highest BCUT2D eigenvalue weighted by molar-refractivity contribution is 8.00. The summed E-state index contributed by atoms with van der Waals surface area (Å²) < 4.78 is 43.4. The molecular weight excluding hydrogens is 404 g/mol. The fraction of sp³-hybridized carbons (Fsp3) is 0.222. The third-order valence-corrected chi connectivity index (χ3v) is 6.59. The van der Waals surface area contributed by atoms with Gasteiger partial charge in [0.05, 0.1) is 18.6 Å². The molecule has 0 amide bonds. The lowest BCUT2D eigenvalue weighted by atomic mass is 10.3. The zero-order valence-corrected chi connectivity index (χ0v) is 16.4. The van der Waals surface area contributed by atoms with Crippen LogP contribution in [0.5, 0.6) is 5.75 Å². The lowest BCUT2D eigenvalue weighted by molar-refractivity contribution is -0.137. The number of cyclic esters (lactones) is 1. The quantitative estimate of drug-likeness (QED) is 0.606. The van der Waals surface area contributed by atoms with E-state index in [1.807, 2.05) is 0 Å². The van der Waals surface area contributed by atoms with Gasteiger partial charge in [0.2, 0.25) is 0 Å². The van der Waals surface area contributed by atoms with Crippen molar-refractivity contribution >= 4 is 44.5 Å². The van der Waals surface area contributed by atoms with Crippen molar-refractivity contribution in [3.05, 3.63) is 42.5 Å². The first-order valence-corrected chi connectivity index (χ1v) is 10.7. The summed E-state index contributed by atoms with van der Waals surface area (Å²) >= 11 is 1.18. The number of nitrogens with one attached hydrogen (secondary N) is 1. The molecule has 1 aliphatic heterocycles. The van der Waals surface area contributed by atoms with Gasteiger partial charge < -0.3 is 13.9 Å². The Balaban J connectivity index is 1.56. The minimum absolute atomic E-state index is 0.0564. The number of nitrogens with zero attached hydrogens (tertiary/aromatic N) is 1. The van der Waals surface area contributed by atoms with Crippen LogP contribution in [0.15, 0.2) is 57.0 Å². The van der Waals surface area contributed by atoms with Gasteiger partial charge in [0, 0.05) is 12.1 Å². The van der Waals surface area contributed by atoms with Crippen LogP contribution in [0.2, 0.25) is 0 Å². The number of carbonyl (C=O) groups excluding carboxylic acids is 1. The fourth-order valence-corrected chi connectivity index (χ4v) is 4.67. The molecule has 146 valence electrons. The second-order valence-electron chi connectivity index (χ2n) is 6.01. The molecule has 0 radical (unpaired) electrons. The number of sulfonamides is 1. The van der Waals surface area contributed by atoms with Crippen LogP contribution in [0.4, 0.5) is 5.69 Å². The van der Waals surface area contributed by atoms with E-state index >= 15 is 0 Å². The van der Waals surface area contributed by atoms with Crippen LogP contribution in [0, 0.1) is 0 Å². The van der Waals surface area contributed by atoms with Crippen molar-refractivity contribution in [1.29, 1.82) is 0 Å². The number of ether oxygens (including phenoxy) is 2. The first-order chi connectivity index (χ1) is 13.4. The van der Waals surface area contributed by atoms with Crippen molar-refractivity contribution in [3.8, 4) is 5.75 Å². The number of fused-ring (bicyclic) bond motifs is 1. The molecule has 1 aliphatic rings. The van der Waals surface area contributed by atoms with Crippen LogP contribution in [0.1, 0.15) is 6.42 Å². The Bertz CT molecular complexity index is 1120. The molecule has 1 N–H and O–H groups in total. The molecule has 1 atom stereocenters. The molecule has 3 aromatic rings. The number of thioether (sulfide) groups is 1.